The minimum atomic E-state index is -0.577. The summed E-state index contributed by atoms with van der Waals surface area (Å²) in [6, 6.07) is 10.1. The Labute approximate surface area is 173 Å². The van der Waals surface area contributed by atoms with Gasteiger partial charge in [0.25, 0.3) is 5.56 Å². The molecule has 0 unspecified atom stereocenters. The number of rotatable bonds is 5. The van der Waals surface area contributed by atoms with Gasteiger partial charge in [0.1, 0.15) is 6.54 Å². The van der Waals surface area contributed by atoms with Crippen molar-refractivity contribution >= 4 is 28.4 Å². The Balaban J connectivity index is 2.27. The highest BCUT2D eigenvalue weighted by atomic mass is 35.5. The van der Waals surface area contributed by atoms with Gasteiger partial charge >= 0.3 is 5.69 Å². The van der Waals surface area contributed by atoms with Gasteiger partial charge < -0.3 is 5.32 Å². The Morgan fingerprint density at radius 3 is 2.48 bits per heavy atom. The minimum absolute atomic E-state index is 0.0151. The number of carbonyl (C=O) groups is 1. The summed E-state index contributed by atoms with van der Waals surface area (Å²) in [6.07, 6.45) is 0.773. The average molecular weight is 414 g/mol. The molecule has 0 saturated carbocycles. The smallest absolute Gasteiger partial charge is 0.336 e. The van der Waals surface area contributed by atoms with Gasteiger partial charge in [0.2, 0.25) is 5.91 Å². The molecule has 1 N–H and O–H groups in total. The number of hydrogen-bond donors (Lipinski definition) is 1. The van der Waals surface area contributed by atoms with Crippen LogP contribution in [0.1, 0.15) is 31.4 Å². The molecule has 29 heavy (non-hydrogen) atoms. The normalized spacial score (nSPS) is 12.2. The first-order valence-electron chi connectivity index (χ1n) is 9.55. The van der Waals surface area contributed by atoms with Crippen LogP contribution in [0.2, 0.25) is 5.02 Å². The molecular weight excluding hydrogens is 390 g/mol. The zero-order chi connectivity index (χ0) is 21.3. The van der Waals surface area contributed by atoms with E-state index in [-0.39, 0.29) is 18.5 Å². The molecule has 1 atom stereocenters. The summed E-state index contributed by atoms with van der Waals surface area (Å²) < 4.78 is 2.41. The van der Waals surface area contributed by atoms with E-state index in [0.29, 0.717) is 21.6 Å². The van der Waals surface area contributed by atoms with Crippen molar-refractivity contribution in [2.24, 2.45) is 0 Å². The number of fused-ring (bicyclic) bond motifs is 1. The Morgan fingerprint density at radius 1 is 1.10 bits per heavy atom. The average Bonchev–Trinajstić information content (AvgIpc) is 2.67. The summed E-state index contributed by atoms with van der Waals surface area (Å²) in [5.74, 6) is -0.298. The molecule has 2 aromatic carbocycles. The Morgan fingerprint density at radius 2 is 1.83 bits per heavy atom. The van der Waals surface area contributed by atoms with Crippen LogP contribution in [0.4, 0.5) is 0 Å². The first-order chi connectivity index (χ1) is 13.7. The first-order valence-corrected chi connectivity index (χ1v) is 9.92. The van der Waals surface area contributed by atoms with Crippen LogP contribution >= 0.6 is 11.6 Å². The summed E-state index contributed by atoms with van der Waals surface area (Å²) in [5.41, 5.74) is 1.81. The lowest BCUT2D eigenvalue weighted by Crippen LogP contribution is -2.43. The summed E-state index contributed by atoms with van der Waals surface area (Å²) in [4.78, 5) is 38.9. The lowest BCUT2D eigenvalue weighted by molar-refractivity contribution is -0.122. The minimum Gasteiger partial charge on any atom is -0.352 e. The molecule has 1 amide bonds. The van der Waals surface area contributed by atoms with E-state index in [2.05, 4.69) is 5.32 Å². The molecule has 3 rings (SSSR count). The molecule has 0 aliphatic rings. The molecule has 0 aliphatic heterocycles. The second kappa shape index (κ2) is 8.25. The first kappa shape index (κ1) is 20.9. The lowest BCUT2D eigenvalue weighted by atomic mass is 10.1. The zero-order valence-corrected chi connectivity index (χ0v) is 17.7. The van der Waals surface area contributed by atoms with E-state index in [1.54, 1.807) is 30.3 Å². The number of benzene rings is 2. The van der Waals surface area contributed by atoms with Crippen LogP contribution in [0.25, 0.3) is 16.6 Å². The van der Waals surface area contributed by atoms with Crippen LogP contribution in [0, 0.1) is 13.8 Å². The van der Waals surface area contributed by atoms with E-state index in [1.165, 1.54) is 4.57 Å². The molecule has 0 saturated heterocycles. The van der Waals surface area contributed by atoms with Crippen LogP contribution in [-0.2, 0) is 11.3 Å². The molecule has 0 radical (unpaired) electrons. The number of halogens is 1. The third kappa shape index (κ3) is 4.12. The largest absolute Gasteiger partial charge is 0.352 e. The van der Waals surface area contributed by atoms with Crippen molar-refractivity contribution in [3.8, 4) is 5.69 Å². The van der Waals surface area contributed by atoms with Crippen LogP contribution in [0.3, 0.4) is 0 Å². The maximum atomic E-state index is 13.3. The van der Waals surface area contributed by atoms with Crippen molar-refractivity contribution in [1.82, 2.24) is 14.5 Å². The second-order valence-corrected chi connectivity index (χ2v) is 7.75. The molecule has 0 fully saturated rings. The Hall–Kier alpha value is -2.86. The molecule has 7 heteroatoms. The van der Waals surface area contributed by atoms with Gasteiger partial charge in [-0.2, -0.15) is 0 Å². The van der Waals surface area contributed by atoms with Crippen LogP contribution < -0.4 is 16.6 Å². The molecular formula is C22H24ClN3O3. The van der Waals surface area contributed by atoms with Gasteiger partial charge in [-0.25, -0.2) is 9.36 Å². The van der Waals surface area contributed by atoms with Crippen molar-refractivity contribution in [3.63, 3.8) is 0 Å². The van der Waals surface area contributed by atoms with Crippen molar-refractivity contribution < 1.29 is 4.79 Å². The number of carbonyl (C=O) groups excluding carboxylic acids is 1. The predicted octanol–water partition coefficient (Wildman–Crippen LogP) is 3.34. The predicted molar refractivity (Wildman–Crippen MR) is 116 cm³/mol. The third-order valence-corrected chi connectivity index (χ3v) is 5.41. The van der Waals surface area contributed by atoms with Crippen LogP contribution in [0.15, 0.2) is 46.0 Å². The monoisotopic (exact) mass is 413 g/mol. The highest BCUT2D eigenvalue weighted by Crippen LogP contribution is 2.17. The molecule has 3 aromatic rings. The quantitative estimate of drug-likeness (QED) is 0.697. The Bertz CT molecular complexity index is 1210. The number of aromatic nitrogens is 2. The zero-order valence-electron chi connectivity index (χ0n) is 17.0. The number of nitrogens with one attached hydrogen (secondary N) is 1. The van der Waals surface area contributed by atoms with E-state index in [9.17, 15) is 14.4 Å². The molecule has 1 aromatic heterocycles. The summed E-state index contributed by atoms with van der Waals surface area (Å²) >= 11 is 6.11. The highest BCUT2D eigenvalue weighted by molar-refractivity contribution is 6.31. The van der Waals surface area contributed by atoms with Crippen molar-refractivity contribution in [2.45, 2.75) is 46.7 Å². The van der Waals surface area contributed by atoms with Crippen molar-refractivity contribution in [2.75, 3.05) is 0 Å². The number of hydrogen-bond acceptors (Lipinski definition) is 3. The van der Waals surface area contributed by atoms with E-state index in [1.807, 2.05) is 33.8 Å². The summed E-state index contributed by atoms with van der Waals surface area (Å²) in [5, 5.41) is 3.56. The number of aryl methyl sites for hydroxylation is 2. The fourth-order valence-corrected chi connectivity index (χ4v) is 3.32. The van der Waals surface area contributed by atoms with E-state index in [0.717, 1.165) is 22.1 Å². The second-order valence-electron chi connectivity index (χ2n) is 7.32. The maximum absolute atomic E-state index is 13.3. The van der Waals surface area contributed by atoms with Crippen molar-refractivity contribution in [3.05, 3.63) is 73.4 Å². The van der Waals surface area contributed by atoms with Gasteiger partial charge in [0, 0.05) is 11.1 Å². The van der Waals surface area contributed by atoms with Gasteiger partial charge in [0.05, 0.1) is 16.6 Å². The van der Waals surface area contributed by atoms with E-state index < -0.39 is 11.2 Å². The third-order valence-electron chi connectivity index (χ3n) is 5.18. The molecule has 0 aliphatic carbocycles. The van der Waals surface area contributed by atoms with Crippen LogP contribution in [-0.4, -0.2) is 21.1 Å². The molecule has 6 nitrogen and oxygen atoms in total. The maximum Gasteiger partial charge on any atom is 0.336 e. The van der Waals surface area contributed by atoms with Crippen molar-refractivity contribution in [1.29, 1.82) is 0 Å². The lowest BCUT2D eigenvalue weighted by Gasteiger charge is -2.16. The van der Waals surface area contributed by atoms with Gasteiger partial charge in [-0.15, -0.1) is 0 Å². The number of nitrogens with zero attached hydrogens (tertiary/aromatic N) is 2. The summed E-state index contributed by atoms with van der Waals surface area (Å²) in [6.45, 7) is 7.54. The highest BCUT2D eigenvalue weighted by Gasteiger charge is 2.18. The molecule has 1 heterocycles. The SMILES string of the molecule is CC[C@H](C)NC(=O)Cn1c(=O)n(-c2ccc(C)c(C)c2)c(=O)c2ccc(Cl)cc21. The van der Waals surface area contributed by atoms with Gasteiger partial charge in [-0.05, 0) is 68.7 Å². The topological polar surface area (TPSA) is 73.1 Å². The van der Waals surface area contributed by atoms with Gasteiger partial charge in [-0.1, -0.05) is 24.6 Å². The molecule has 0 spiro atoms. The fourth-order valence-electron chi connectivity index (χ4n) is 3.15. The van der Waals surface area contributed by atoms with E-state index in [4.69, 9.17) is 11.6 Å². The molecule has 152 valence electrons. The number of amides is 1. The van der Waals surface area contributed by atoms with Gasteiger partial charge in [0.15, 0.2) is 0 Å². The van der Waals surface area contributed by atoms with Crippen LogP contribution in [0.5, 0.6) is 0 Å². The molecule has 0 bridgehead atoms. The summed E-state index contributed by atoms with van der Waals surface area (Å²) in [7, 11) is 0. The van der Waals surface area contributed by atoms with Gasteiger partial charge in [-0.3, -0.25) is 14.2 Å². The Kier molecular flexibility index (Phi) is 5.94. The fraction of sp³-hybridized carbons (Fsp3) is 0.318. The standard InChI is InChI=1S/C22H24ClN3O3/c1-5-15(4)24-20(27)12-25-19-11-16(23)7-9-18(19)21(28)26(22(25)29)17-8-6-13(2)14(3)10-17/h6-11,15H,5,12H2,1-4H3,(H,24,27)/t15-/m0/s1. The van der Waals surface area contributed by atoms with E-state index >= 15 is 0 Å².